The Morgan fingerprint density at radius 1 is 0.359 bits per heavy atom. The van der Waals surface area contributed by atoms with E-state index in [9.17, 15) is 14.4 Å². The van der Waals surface area contributed by atoms with Gasteiger partial charge in [0.2, 0.25) is 0 Å². The Morgan fingerprint density at radius 3 is 0.967 bits per heavy atom. The van der Waals surface area contributed by atoms with Crippen LogP contribution in [0.3, 0.4) is 0 Å². The molecule has 8 aromatic rings. The summed E-state index contributed by atoms with van der Waals surface area (Å²) in [7, 11) is -2.56. The van der Waals surface area contributed by atoms with Gasteiger partial charge in [0.15, 0.2) is 39.6 Å². The van der Waals surface area contributed by atoms with Crippen LogP contribution in [0.5, 0.6) is 46.0 Å². The Morgan fingerprint density at radius 2 is 0.663 bits per heavy atom. The van der Waals surface area contributed by atoms with Crippen molar-refractivity contribution in [2.45, 2.75) is 149 Å². The fourth-order valence-corrected chi connectivity index (χ4v) is 24.3. The molecule has 0 atom stereocenters. The van der Waals surface area contributed by atoms with E-state index in [1.165, 1.54) is 11.1 Å². The summed E-state index contributed by atoms with van der Waals surface area (Å²) < 4.78 is 56.8. The fourth-order valence-electron chi connectivity index (χ4n) is 11.1. The van der Waals surface area contributed by atoms with Crippen LogP contribution in [-0.2, 0) is 37.3 Å². The Labute approximate surface area is 548 Å². The van der Waals surface area contributed by atoms with E-state index >= 15 is 0 Å². The minimum atomic E-state index is -2.15. The Balaban J connectivity index is 0.000000265. The predicted octanol–water partition coefficient (Wildman–Crippen LogP) is 20.2. The molecule has 0 unspecified atom stereocenters. The van der Waals surface area contributed by atoms with Gasteiger partial charge in [0.1, 0.15) is 23.0 Å². The second kappa shape index (κ2) is 31.4. The third kappa shape index (κ3) is 20.6. The van der Waals surface area contributed by atoms with Gasteiger partial charge in [0.05, 0.1) is 14.2 Å². The van der Waals surface area contributed by atoms with Crippen LogP contribution in [0.15, 0.2) is 194 Å². The number of aryl methyl sites for hydroxylation is 2. The highest BCUT2D eigenvalue weighted by Gasteiger charge is 2.38. The molecule has 0 radical (unpaired) electrons. The molecule has 8 aromatic carbocycles. The molecule has 0 spiro atoms. The minimum Gasteiger partial charge on any atom is -0.493 e. The number of unbranched alkanes of at least 4 members (excludes halogenated alkanes) is 1. The number of benzene rings is 8. The molecular formula is C76H92O13Si3. The Kier molecular flexibility index (Phi) is 24.3. The molecule has 13 nitrogen and oxygen atoms in total. The van der Waals surface area contributed by atoms with Crippen molar-refractivity contribution in [3.05, 3.63) is 239 Å². The topological polar surface area (TPSA) is 144 Å². The highest BCUT2D eigenvalue weighted by Crippen LogP contribution is 2.38. The third-order valence-electron chi connectivity index (χ3n) is 16.1. The summed E-state index contributed by atoms with van der Waals surface area (Å²) in [6.07, 6.45) is 2.49. The van der Waals surface area contributed by atoms with E-state index in [4.69, 9.17) is 46.1 Å². The zero-order valence-corrected chi connectivity index (χ0v) is 59.5. The normalized spacial score (nSPS) is 12.0. The molecule has 0 N–H and O–H groups in total. The first kappa shape index (κ1) is 71.2. The van der Waals surface area contributed by atoms with Gasteiger partial charge < -0.3 is 46.1 Å². The van der Waals surface area contributed by atoms with Crippen molar-refractivity contribution < 1.29 is 60.5 Å². The van der Waals surface area contributed by atoms with Gasteiger partial charge in [0, 0.05) is 16.2 Å². The van der Waals surface area contributed by atoms with Crippen molar-refractivity contribution in [3.63, 3.8) is 0 Å². The lowest BCUT2D eigenvalue weighted by atomic mass is 9.78. The van der Waals surface area contributed by atoms with Crippen LogP contribution in [0.1, 0.15) is 112 Å². The zero-order valence-electron chi connectivity index (χ0n) is 56.5. The van der Waals surface area contributed by atoms with Crippen molar-refractivity contribution in [3.8, 4) is 46.0 Å². The molecule has 0 bridgehead atoms. The summed E-state index contributed by atoms with van der Waals surface area (Å²) in [6.45, 7) is 30.5. The van der Waals surface area contributed by atoms with Gasteiger partial charge in [-0.2, -0.15) is 0 Å². The van der Waals surface area contributed by atoms with Gasteiger partial charge >= 0.3 is 27.0 Å². The van der Waals surface area contributed by atoms with Gasteiger partial charge in [-0.1, -0.05) is 176 Å². The van der Waals surface area contributed by atoms with Crippen LogP contribution in [0, 0.1) is 0 Å². The first-order valence-corrected chi connectivity index (χ1v) is 40.8. The minimum absolute atomic E-state index is 0.180. The molecule has 486 valence electrons. The average molecular weight is 1300 g/mol. The quantitative estimate of drug-likeness (QED) is 0.0304. The van der Waals surface area contributed by atoms with Gasteiger partial charge in [-0.25, -0.2) is 14.4 Å². The molecule has 0 aromatic heterocycles. The number of rotatable bonds is 25. The van der Waals surface area contributed by atoms with Crippen LogP contribution < -0.4 is 37.9 Å². The van der Waals surface area contributed by atoms with E-state index in [1.54, 1.807) is 74.9 Å². The molecule has 0 fully saturated rings. The molecule has 0 aliphatic heterocycles. The highest BCUT2D eigenvalue weighted by atomic mass is 28.5. The lowest BCUT2D eigenvalue weighted by Crippen LogP contribution is -2.51. The van der Waals surface area contributed by atoms with Crippen molar-refractivity contribution in [2.75, 3.05) is 14.2 Å². The Bertz CT molecular complexity index is 3670. The van der Waals surface area contributed by atoms with Crippen molar-refractivity contribution >= 4 is 43.7 Å². The number of hydrogen-bond acceptors (Lipinski definition) is 13. The molecule has 0 saturated carbocycles. The van der Waals surface area contributed by atoms with Crippen LogP contribution in [0.4, 0.5) is 14.4 Å². The second-order valence-corrected chi connectivity index (χ2v) is 39.1. The second-order valence-electron chi connectivity index (χ2n) is 26.5. The van der Waals surface area contributed by atoms with Crippen LogP contribution >= 0.6 is 0 Å². The maximum Gasteiger partial charge on any atom is 0.519 e. The van der Waals surface area contributed by atoms with E-state index in [0.29, 0.717) is 46.0 Å². The molecule has 0 aliphatic carbocycles. The average Bonchev–Trinajstić information content (AvgIpc) is 0.882. The summed E-state index contributed by atoms with van der Waals surface area (Å²) in [5, 5.41) is 0. The summed E-state index contributed by atoms with van der Waals surface area (Å²) in [6, 6.07) is 62.4. The molecule has 8 rings (SSSR count). The lowest BCUT2D eigenvalue weighted by Gasteiger charge is -2.37. The molecule has 0 saturated heterocycles. The summed E-state index contributed by atoms with van der Waals surface area (Å²) >= 11 is 0. The Hall–Kier alpha value is -8.26. The summed E-state index contributed by atoms with van der Waals surface area (Å²) in [5.74, 6) is 3.13. The van der Waals surface area contributed by atoms with Crippen LogP contribution in [0.2, 0.25) is 51.9 Å². The maximum absolute atomic E-state index is 12.6. The van der Waals surface area contributed by atoms with Crippen molar-refractivity contribution in [1.29, 1.82) is 0 Å². The maximum atomic E-state index is 12.6. The van der Waals surface area contributed by atoms with Gasteiger partial charge in [0.25, 0.3) is 0 Å². The lowest BCUT2D eigenvalue weighted by molar-refractivity contribution is 0.149. The van der Waals surface area contributed by atoms with E-state index in [-0.39, 0.29) is 10.8 Å². The van der Waals surface area contributed by atoms with E-state index in [0.717, 1.165) is 71.5 Å². The molecule has 0 heterocycles. The van der Waals surface area contributed by atoms with Gasteiger partial charge in [-0.05, 0) is 195 Å². The number of carbonyl (C=O) groups excluding carboxylic acids is 3. The number of carbonyl (C=O) groups is 3. The predicted molar refractivity (Wildman–Crippen MR) is 373 cm³/mol. The fraction of sp³-hybridized carbons (Fsp3) is 0.329. The largest absolute Gasteiger partial charge is 0.519 e. The van der Waals surface area contributed by atoms with Crippen molar-refractivity contribution in [1.82, 2.24) is 0 Å². The van der Waals surface area contributed by atoms with E-state index in [2.05, 4.69) is 119 Å². The zero-order chi connectivity index (χ0) is 66.9. The van der Waals surface area contributed by atoms with Crippen molar-refractivity contribution in [2.24, 2.45) is 0 Å². The third-order valence-corrected chi connectivity index (χ3v) is 26.2. The molecular weight excluding hydrogens is 1210 g/mol. The highest BCUT2D eigenvalue weighted by molar-refractivity contribution is 6.87. The number of hydrogen-bond donors (Lipinski definition) is 0. The van der Waals surface area contributed by atoms with E-state index in [1.807, 2.05) is 109 Å². The first-order chi connectivity index (χ1) is 43.5. The van der Waals surface area contributed by atoms with Crippen LogP contribution in [0.25, 0.3) is 0 Å². The SMILES string of the molecule is CCCCc1ccc(OC(=O)Oc2ccc(C(C)(C)c3ccc(OC(=O)Oc4ccc(C(C)(C)c5ccccc5)cc4)cc3)cc2)c(OC)c1.COc1cc(CCC[Si](C)(C)O[Si](C)(C)O[Si](C)(C)C)ccc1OC(=O)Oc1ccc(C(C)(C)c2ccccc2)cc1. The summed E-state index contributed by atoms with van der Waals surface area (Å²) in [5.41, 5.74) is 8.08. The van der Waals surface area contributed by atoms with Gasteiger partial charge in [-0.3, -0.25) is 0 Å². The summed E-state index contributed by atoms with van der Waals surface area (Å²) in [4.78, 5) is 37.8. The molecule has 0 amide bonds. The smallest absolute Gasteiger partial charge is 0.493 e. The molecule has 92 heavy (non-hydrogen) atoms. The molecule has 0 aliphatic rings. The standard InChI is InChI=1S/C43H44O7.C33H48O6Si3/c1-7-8-12-30-15-28-38(39(29-30)46-6)50-41(45)49-37-26-20-34(21-27-37)43(4,5)33-18-24-36(25-19-33)48-40(44)47-35-22-16-32(17-23-35)42(2,3)31-13-10-9-11-14-31;1-33(2,27-16-12-11-13-17-27)28-19-21-29(22-20-28)36-32(34)37-30-23-18-26(25-31(30)35-3)15-14-24-41(7,8)39-42(9,10)38-40(4,5)6/h9-11,13-29H,7-8,12H2,1-6H3;11-13,16-23,25H,14-15,24H2,1-10H3. The number of methoxy groups -OCH3 is 2. The number of ether oxygens (including phenoxy) is 8. The van der Waals surface area contributed by atoms with E-state index < -0.39 is 49.1 Å². The van der Waals surface area contributed by atoms with Crippen LogP contribution in [-0.4, -0.2) is 57.9 Å². The molecule has 16 heteroatoms. The van der Waals surface area contributed by atoms with Gasteiger partial charge in [-0.15, -0.1) is 0 Å². The monoisotopic (exact) mass is 1300 g/mol. The first-order valence-electron chi connectivity index (χ1n) is 31.5.